The van der Waals surface area contributed by atoms with Gasteiger partial charge in [0.1, 0.15) is 5.75 Å². The predicted molar refractivity (Wildman–Crippen MR) is 92.7 cm³/mol. The van der Waals surface area contributed by atoms with Gasteiger partial charge in [0.05, 0.1) is 20.8 Å². The Morgan fingerprint density at radius 3 is 2.35 bits per heavy atom. The SMILES string of the molecule is CCOc1ccccc1C(CN)Cc1ccc(OC)c(OC)c1. The molecule has 23 heavy (non-hydrogen) atoms. The summed E-state index contributed by atoms with van der Waals surface area (Å²) in [5.74, 6) is 2.57. The summed E-state index contributed by atoms with van der Waals surface area (Å²) in [7, 11) is 3.28. The Morgan fingerprint density at radius 1 is 0.957 bits per heavy atom. The molecule has 2 aromatic carbocycles. The Labute approximate surface area is 138 Å². The van der Waals surface area contributed by atoms with E-state index in [0.29, 0.717) is 13.2 Å². The molecule has 1 atom stereocenters. The molecule has 0 saturated heterocycles. The first-order valence-electron chi connectivity index (χ1n) is 7.86. The van der Waals surface area contributed by atoms with Crippen molar-refractivity contribution in [2.75, 3.05) is 27.4 Å². The van der Waals surface area contributed by atoms with Crippen LogP contribution >= 0.6 is 0 Å². The molecule has 4 nitrogen and oxygen atoms in total. The molecule has 0 radical (unpaired) electrons. The monoisotopic (exact) mass is 315 g/mol. The molecule has 1 unspecified atom stereocenters. The number of hydrogen-bond donors (Lipinski definition) is 1. The number of para-hydroxylation sites is 1. The molecular formula is C19H25NO3. The standard InChI is InChI=1S/C19H25NO3/c1-4-23-17-8-6-5-7-16(17)15(13-20)11-14-9-10-18(21-2)19(12-14)22-3/h5-10,12,15H,4,11,13,20H2,1-3H3. The molecule has 2 N–H and O–H groups in total. The van der Waals surface area contributed by atoms with Crippen molar-refractivity contribution >= 4 is 0 Å². The van der Waals surface area contributed by atoms with Gasteiger partial charge in [-0.1, -0.05) is 24.3 Å². The van der Waals surface area contributed by atoms with Crippen molar-refractivity contribution in [2.45, 2.75) is 19.3 Å². The third-order valence-corrected chi connectivity index (χ3v) is 3.87. The molecule has 0 spiro atoms. The Bertz CT molecular complexity index is 628. The van der Waals surface area contributed by atoms with Crippen molar-refractivity contribution in [1.29, 1.82) is 0 Å². The van der Waals surface area contributed by atoms with E-state index < -0.39 is 0 Å². The maximum Gasteiger partial charge on any atom is 0.160 e. The van der Waals surface area contributed by atoms with Gasteiger partial charge >= 0.3 is 0 Å². The summed E-state index contributed by atoms with van der Waals surface area (Å²) in [6, 6.07) is 14.1. The number of rotatable bonds is 8. The molecule has 0 bridgehead atoms. The first kappa shape index (κ1) is 17.2. The first-order chi connectivity index (χ1) is 11.2. The lowest BCUT2D eigenvalue weighted by Gasteiger charge is -2.19. The normalized spacial score (nSPS) is 11.8. The Kier molecular flexibility index (Phi) is 6.29. The van der Waals surface area contributed by atoms with Crippen molar-refractivity contribution in [3.05, 3.63) is 53.6 Å². The molecule has 0 heterocycles. The second-order valence-corrected chi connectivity index (χ2v) is 5.30. The largest absolute Gasteiger partial charge is 0.494 e. The zero-order chi connectivity index (χ0) is 16.7. The molecule has 0 saturated carbocycles. The lowest BCUT2D eigenvalue weighted by molar-refractivity contribution is 0.334. The molecule has 0 aromatic heterocycles. The molecule has 4 heteroatoms. The molecular weight excluding hydrogens is 290 g/mol. The lowest BCUT2D eigenvalue weighted by atomic mass is 9.91. The Hall–Kier alpha value is -2.20. The highest BCUT2D eigenvalue weighted by atomic mass is 16.5. The number of benzene rings is 2. The van der Waals surface area contributed by atoms with Gasteiger partial charge in [-0.15, -0.1) is 0 Å². The van der Waals surface area contributed by atoms with E-state index in [9.17, 15) is 0 Å². The number of methoxy groups -OCH3 is 2. The van der Waals surface area contributed by atoms with Crippen LogP contribution < -0.4 is 19.9 Å². The summed E-state index contributed by atoms with van der Waals surface area (Å²) < 4.78 is 16.4. The molecule has 0 amide bonds. The lowest BCUT2D eigenvalue weighted by Crippen LogP contribution is -2.16. The first-order valence-corrected chi connectivity index (χ1v) is 7.86. The van der Waals surface area contributed by atoms with Gasteiger partial charge in [0.2, 0.25) is 0 Å². The average molecular weight is 315 g/mol. The minimum atomic E-state index is 0.191. The van der Waals surface area contributed by atoms with Crippen molar-refractivity contribution < 1.29 is 14.2 Å². The van der Waals surface area contributed by atoms with Crippen LogP contribution in [0.5, 0.6) is 17.2 Å². The number of hydrogen-bond acceptors (Lipinski definition) is 4. The van der Waals surface area contributed by atoms with E-state index >= 15 is 0 Å². The predicted octanol–water partition coefficient (Wildman–Crippen LogP) is 3.39. The summed E-state index contributed by atoms with van der Waals surface area (Å²) >= 11 is 0. The molecule has 0 aliphatic carbocycles. The van der Waals surface area contributed by atoms with Gasteiger partial charge in [-0.25, -0.2) is 0 Å². The van der Waals surface area contributed by atoms with Crippen LogP contribution in [0, 0.1) is 0 Å². The van der Waals surface area contributed by atoms with Crippen molar-refractivity contribution in [3.8, 4) is 17.2 Å². The van der Waals surface area contributed by atoms with Gasteiger partial charge in [0.25, 0.3) is 0 Å². The van der Waals surface area contributed by atoms with E-state index in [0.717, 1.165) is 34.8 Å². The van der Waals surface area contributed by atoms with Gasteiger partial charge in [0, 0.05) is 5.92 Å². The second kappa shape index (κ2) is 8.44. The fourth-order valence-electron chi connectivity index (χ4n) is 2.72. The highest BCUT2D eigenvalue weighted by molar-refractivity contribution is 5.44. The summed E-state index contributed by atoms with van der Waals surface area (Å²) in [5, 5.41) is 0. The van der Waals surface area contributed by atoms with Crippen LogP contribution in [-0.4, -0.2) is 27.4 Å². The third kappa shape index (κ3) is 4.17. The van der Waals surface area contributed by atoms with Gasteiger partial charge in [-0.05, 0) is 49.2 Å². The van der Waals surface area contributed by atoms with E-state index in [1.54, 1.807) is 14.2 Å². The molecule has 0 fully saturated rings. The van der Waals surface area contributed by atoms with E-state index in [1.165, 1.54) is 0 Å². The fraction of sp³-hybridized carbons (Fsp3) is 0.368. The van der Waals surface area contributed by atoms with Crippen LogP contribution in [-0.2, 0) is 6.42 Å². The molecule has 0 aliphatic rings. The Balaban J connectivity index is 2.26. The zero-order valence-corrected chi connectivity index (χ0v) is 14.0. The van der Waals surface area contributed by atoms with Gasteiger partial charge in [0.15, 0.2) is 11.5 Å². The minimum absolute atomic E-state index is 0.191. The highest BCUT2D eigenvalue weighted by Gasteiger charge is 2.16. The fourth-order valence-corrected chi connectivity index (χ4v) is 2.72. The number of ether oxygens (including phenoxy) is 3. The van der Waals surface area contributed by atoms with E-state index in [2.05, 4.69) is 6.07 Å². The van der Waals surface area contributed by atoms with Crippen LogP contribution in [0.25, 0.3) is 0 Å². The van der Waals surface area contributed by atoms with E-state index in [4.69, 9.17) is 19.9 Å². The topological polar surface area (TPSA) is 53.7 Å². The van der Waals surface area contributed by atoms with Crippen LogP contribution in [0.3, 0.4) is 0 Å². The number of nitrogens with two attached hydrogens (primary N) is 1. The molecule has 2 aromatic rings. The van der Waals surface area contributed by atoms with Crippen LogP contribution in [0.1, 0.15) is 24.0 Å². The summed E-state index contributed by atoms with van der Waals surface area (Å²) in [4.78, 5) is 0. The van der Waals surface area contributed by atoms with Gasteiger partial charge < -0.3 is 19.9 Å². The zero-order valence-electron chi connectivity index (χ0n) is 14.0. The van der Waals surface area contributed by atoms with Crippen molar-refractivity contribution in [1.82, 2.24) is 0 Å². The highest BCUT2D eigenvalue weighted by Crippen LogP contribution is 2.32. The summed E-state index contributed by atoms with van der Waals surface area (Å²) in [6.07, 6.45) is 0.820. The molecule has 2 rings (SSSR count). The van der Waals surface area contributed by atoms with Crippen LogP contribution in [0.15, 0.2) is 42.5 Å². The maximum atomic E-state index is 6.03. The molecule has 124 valence electrons. The van der Waals surface area contributed by atoms with Gasteiger partial charge in [-0.3, -0.25) is 0 Å². The van der Waals surface area contributed by atoms with Gasteiger partial charge in [-0.2, -0.15) is 0 Å². The maximum absolute atomic E-state index is 6.03. The smallest absolute Gasteiger partial charge is 0.160 e. The summed E-state index contributed by atoms with van der Waals surface area (Å²) in [6.45, 7) is 3.19. The van der Waals surface area contributed by atoms with Crippen molar-refractivity contribution in [2.24, 2.45) is 5.73 Å². The minimum Gasteiger partial charge on any atom is -0.494 e. The third-order valence-electron chi connectivity index (χ3n) is 3.87. The van der Waals surface area contributed by atoms with E-state index in [-0.39, 0.29) is 5.92 Å². The molecule has 0 aliphatic heterocycles. The quantitative estimate of drug-likeness (QED) is 0.811. The second-order valence-electron chi connectivity index (χ2n) is 5.30. The summed E-state index contributed by atoms with van der Waals surface area (Å²) in [5.41, 5.74) is 8.33. The average Bonchev–Trinajstić information content (AvgIpc) is 2.60. The van der Waals surface area contributed by atoms with Crippen molar-refractivity contribution in [3.63, 3.8) is 0 Å². The van der Waals surface area contributed by atoms with Crippen LogP contribution in [0.4, 0.5) is 0 Å². The Morgan fingerprint density at radius 2 is 1.70 bits per heavy atom. The van der Waals surface area contributed by atoms with E-state index in [1.807, 2.05) is 43.3 Å². The van der Waals surface area contributed by atoms with Crippen LogP contribution in [0.2, 0.25) is 0 Å².